The van der Waals surface area contributed by atoms with Crippen LogP contribution in [0.25, 0.3) is 0 Å². The van der Waals surface area contributed by atoms with Crippen molar-refractivity contribution in [2.75, 3.05) is 0 Å². The predicted octanol–water partition coefficient (Wildman–Crippen LogP) is 4.23. The van der Waals surface area contributed by atoms with Crippen molar-refractivity contribution in [1.29, 1.82) is 0 Å². The normalized spacial score (nSPS) is 11.5. The molecule has 1 aromatic rings. The second kappa shape index (κ2) is 5.15. The van der Waals surface area contributed by atoms with Crippen LogP contribution < -0.4 is 0 Å². The first kappa shape index (κ1) is 13.5. The van der Waals surface area contributed by atoms with Gasteiger partial charge in [0.15, 0.2) is 0 Å². The van der Waals surface area contributed by atoms with Gasteiger partial charge in [-0.1, -0.05) is 48.4 Å². The second-order valence-corrected chi connectivity index (χ2v) is 7.59. The maximum absolute atomic E-state index is 11.0. The second-order valence-electron chi connectivity index (χ2n) is 4.56. The number of hydrogen-bond donors (Lipinski definition) is 1. The number of rotatable bonds is 3. The molecule has 4 heteroatoms. The third kappa shape index (κ3) is 4.10. The Hall–Kier alpha value is -0.610. The molecule has 1 rings (SSSR count). The van der Waals surface area contributed by atoms with E-state index < -0.39 is 5.97 Å². The Morgan fingerprint density at radius 2 is 1.94 bits per heavy atom. The van der Waals surface area contributed by atoms with Crippen molar-refractivity contribution in [1.82, 2.24) is 0 Å². The molecule has 16 heavy (non-hydrogen) atoms. The van der Waals surface area contributed by atoms with Crippen molar-refractivity contribution in [3.05, 3.63) is 29.3 Å². The number of aromatic carboxylic acids is 1. The van der Waals surface area contributed by atoms with Gasteiger partial charge in [-0.25, -0.2) is 4.79 Å². The van der Waals surface area contributed by atoms with Gasteiger partial charge in [-0.15, -0.1) is 0 Å². The van der Waals surface area contributed by atoms with E-state index in [1.807, 2.05) is 19.1 Å². The Balaban J connectivity index is 2.83. The van der Waals surface area contributed by atoms with Gasteiger partial charge in [-0.2, -0.15) is 0 Å². The molecule has 0 heterocycles. The van der Waals surface area contributed by atoms with Crippen LogP contribution >= 0.6 is 21.6 Å². The molecule has 0 atom stereocenters. The molecule has 0 saturated heterocycles. The van der Waals surface area contributed by atoms with Crippen molar-refractivity contribution in [3.63, 3.8) is 0 Å². The average Bonchev–Trinajstić information content (AvgIpc) is 2.14. The van der Waals surface area contributed by atoms with Crippen molar-refractivity contribution < 1.29 is 9.90 Å². The smallest absolute Gasteiger partial charge is 0.335 e. The molecule has 0 bridgehead atoms. The highest BCUT2D eigenvalue weighted by atomic mass is 33.1. The van der Waals surface area contributed by atoms with Gasteiger partial charge >= 0.3 is 5.97 Å². The zero-order chi connectivity index (χ0) is 12.3. The van der Waals surface area contributed by atoms with Gasteiger partial charge in [0.25, 0.3) is 0 Å². The Labute approximate surface area is 104 Å². The minimum absolute atomic E-state index is 0.166. The lowest BCUT2D eigenvalue weighted by molar-refractivity contribution is 0.0696. The van der Waals surface area contributed by atoms with Gasteiger partial charge in [0, 0.05) is 9.64 Å². The number of hydrogen-bond acceptors (Lipinski definition) is 3. The van der Waals surface area contributed by atoms with E-state index in [-0.39, 0.29) is 4.75 Å². The highest BCUT2D eigenvalue weighted by Gasteiger charge is 2.13. The predicted molar refractivity (Wildman–Crippen MR) is 71.3 cm³/mol. The van der Waals surface area contributed by atoms with Crippen molar-refractivity contribution in [3.8, 4) is 0 Å². The van der Waals surface area contributed by atoms with E-state index in [9.17, 15) is 4.79 Å². The van der Waals surface area contributed by atoms with E-state index in [0.717, 1.165) is 10.5 Å². The molecule has 0 unspecified atom stereocenters. The minimum Gasteiger partial charge on any atom is -0.478 e. The van der Waals surface area contributed by atoms with Crippen molar-refractivity contribution in [2.45, 2.75) is 37.3 Å². The van der Waals surface area contributed by atoms with Crippen molar-refractivity contribution in [2.24, 2.45) is 0 Å². The van der Waals surface area contributed by atoms with E-state index in [1.54, 1.807) is 27.7 Å². The van der Waals surface area contributed by atoms with E-state index in [1.165, 1.54) is 0 Å². The molecular weight excluding hydrogens is 240 g/mol. The molecule has 1 aromatic carbocycles. The number of carboxylic acids is 1. The molecule has 0 saturated carbocycles. The average molecular weight is 256 g/mol. The highest BCUT2D eigenvalue weighted by molar-refractivity contribution is 8.77. The molecule has 0 radical (unpaired) electrons. The zero-order valence-corrected chi connectivity index (χ0v) is 11.5. The summed E-state index contributed by atoms with van der Waals surface area (Å²) in [4.78, 5) is 11.9. The molecule has 0 amide bonds. The molecule has 0 aliphatic heterocycles. The van der Waals surface area contributed by atoms with Gasteiger partial charge in [0.2, 0.25) is 0 Å². The lowest BCUT2D eigenvalue weighted by Crippen LogP contribution is -2.04. The summed E-state index contributed by atoms with van der Waals surface area (Å²) in [5, 5.41) is 9.00. The van der Waals surface area contributed by atoms with Crippen molar-refractivity contribution >= 4 is 27.6 Å². The van der Waals surface area contributed by atoms with Crippen LogP contribution in [-0.4, -0.2) is 15.8 Å². The van der Waals surface area contributed by atoms with Gasteiger partial charge in [0.1, 0.15) is 0 Å². The van der Waals surface area contributed by atoms with Crippen LogP contribution in [0.2, 0.25) is 0 Å². The van der Waals surface area contributed by atoms with Crippen LogP contribution in [0, 0.1) is 6.92 Å². The lowest BCUT2D eigenvalue weighted by atomic mass is 10.1. The lowest BCUT2D eigenvalue weighted by Gasteiger charge is -2.16. The summed E-state index contributed by atoms with van der Waals surface area (Å²) in [6.45, 7) is 8.22. The van der Waals surface area contributed by atoms with Gasteiger partial charge in [-0.3, -0.25) is 0 Å². The van der Waals surface area contributed by atoms with Gasteiger partial charge in [-0.05, 0) is 24.6 Å². The standard InChI is InChI=1S/C12H16O2S2/c1-8-5-6-9(7-10(8)11(13)14)15-16-12(2,3)4/h5-7H,1-4H3,(H,13,14). The van der Waals surface area contributed by atoms with E-state index in [4.69, 9.17) is 5.11 Å². The summed E-state index contributed by atoms with van der Waals surface area (Å²) in [6.07, 6.45) is 0. The first-order valence-corrected chi connectivity index (χ1v) is 7.14. The summed E-state index contributed by atoms with van der Waals surface area (Å²) in [7, 11) is 3.36. The summed E-state index contributed by atoms with van der Waals surface area (Å²) in [6, 6.07) is 5.56. The molecule has 0 aliphatic rings. The SMILES string of the molecule is Cc1ccc(SSC(C)(C)C)cc1C(=O)O. The summed E-state index contributed by atoms with van der Waals surface area (Å²) in [5.41, 5.74) is 1.19. The topological polar surface area (TPSA) is 37.3 Å². The number of carboxylic acid groups (broad SMARTS) is 1. The first-order chi connectivity index (χ1) is 7.29. The first-order valence-electron chi connectivity index (χ1n) is 4.99. The maximum atomic E-state index is 11.0. The van der Waals surface area contributed by atoms with Crippen LogP contribution in [0.1, 0.15) is 36.7 Å². The van der Waals surface area contributed by atoms with E-state index >= 15 is 0 Å². The Morgan fingerprint density at radius 1 is 1.31 bits per heavy atom. The summed E-state index contributed by atoms with van der Waals surface area (Å²) in [5.74, 6) is -0.860. The molecule has 88 valence electrons. The van der Waals surface area contributed by atoms with Crippen LogP contribution in [0.3, 0.4) is 0 Å². The fraction of sp³-hybridized carbons (Fsp3) is 0.417. The molecule has 2 nitrogen and oxygen atoms in total. The Kier molecular flexibility index (Phi) is 4.33. The third-order valence-corrected chi connectivity index (χ3v) is 5.18. The Bertz CT molecular complexity index is 394. The molecule has 1 N–H and O–H groups in total. The highest BCUT2D eigenvalue weighted by Crippen LogP contribution is 2.40. The van der Waals surface area contributed by atoms with Crippen LogP contribution in [0.5, 0.6) is 0 Å². The van der Waals surface area contributed by atoms with Gasteiger partial charge < -0.3 is 5.11 Å². The summed E-state index contributed by atoms with van der Waals surface area (Å²) >= 11 is 0. The van der Waals surface area contributed by atoms with Crippen LogP contribution in [0.4, 0.5) is 0 Å². The fourth-order valence-corrected chi connectivity index (χ4v) is 3.04. The number of carbonyl (C=O) groups is 1. The molecule has 0 aliphatic carbocycles. The van der Waals surface area contributed by atoms with E-state index in [2.05, 4.69) is 20.8 Å². The minimum atomic E-state index is -0.860. The maximum Gasteiger partial charge on any atom is 0.335 e. The quantitative estimate of drug-likeness (QED) is 0.821. The molecule has 0 aromatic heterocycles. The zero-order valence-electron chi connectivity index (χ0n) is 9.90. The largest absolute Gasteiger partial charge is 0.478 e. The van der Waals surface area contributed by atoms with Crippen LogP contribution in [0.15, 0.2) is 23.1 Å². The number of aryl methyl sites for hydroxylation is 1. The monoisotopic (exact) mass is 256 g/mol. The summed E-state index contributed by atoms with van der Waals surface area (Å²) < 4.78 is 0.166. The molecule has 0 spiro atoms. The van der Waals surface area contributed by atoms with E-state index in [0.29, 0.717) is 5.56 Å². The molecule has 0 fully saturated rings. The fourth-order valence-electron chi connectivity index (χ4n) is 1.06. The number of benzene rings is 1. The third-order valence-electron chi connectivity index (χ3n) is 1.83. The Morgan fingerprint density at radius 3 is 2.44 bits per heavy atom. The molecular formula is C12H16O2S2. The van der Waals surface area contributed by atoms with Crippen LogP contribution in [-0.2, 0) is 0 Å². The van der Waals surface area contributed by atoms with Gasteiger partial charge in [0.05, 0.1) is 5.56 Å².